The number of likely N-dealkylation sites (tertiary alicyclic amines) is 2. The van der Waals surface area contributed by atoms with Gasteiger partial charge in [0.1, 0.15) is 5.01 Å². The van der Waals surface area contributed by atoms with E-state index in [0.717, 1.165) is 44.7 Å². The fraction of sp³-hybridized carbons (Fsp3) is 0.526. The van der Waals surface area contributed by atoms with Crippen LogP contribution in [0.15, 0.2) is 36.1 Å². The molecule has 0 saturated carbocycles. The largest absolute Gasteiger partial charge is 0.342 e. The zero-order chi connectivity index (χ0) is 17.1. The number of aromatic nitrogens is 2. The highest BCUT2D eigenvalue weighted by atomic mass is 32.1. The fourth-order valence-electron chi connectivity index (χ4n) is 4.05. The van der Waals surface area contributed by atoms with E-state index in [1.54, 1.807) is 23.7 Å². The van der Waals surface area contributed by atoms with E-state index in [4.69, 9.17) is 0 Å². The average molecular weight is 356 g/mol. The molecule has 4 heterocycles. The molecule has 0 radical (unpaired) electrons. The van der Waals surface area contributed by atoms with E-state index in [1.165, 1.54) is 17.8 Å². The summed E-state index contributed by atoms with van der Waals surface area (Å²) in [6, 6.07) is 3.88. The van der Waals surface area contributed by atoms with Gasteiger partial charge in [0.25, 0.3) is 0 Å². The molecule has 5 nitrogen and oxygen atoms in total. The normalized spacial score (nSPS) is 20.2. The maximum Gasteiger partial charge on any atom is 0.227 e. The second-order valence-corrected chi connectivity index (χ2v) is 8.28. The molecule has 0 atom stereocenters. The second-order valence-electron chi connectivity index (χ2n) is 7.31. The fourth-order valence-corrected chi connectivity index (χ4v) is 4.71. The van der Waals surface area contributed by atoms with Crippen LogP contribution in [-0.2, 0) is 17.8 Å². The number of thiazole rings is 1. The highest BCUT2D eigenvalue weighted by molar-refractivity contribution is 7.09. The monoisotopic (exact) mass is 356 g/mol. The van der Waals surface area contributed by atoms with Gasteiger partial charge in [-0.2, -0.15) is 0 Å². The van der Waals surface area contributed by atoms with Crippen LogP contribution in [0.3, 0.4) is 0 Å². The SMILES string of the molecule is O=C(Cc1cccnc1)N1CCC2(CCN(Cc3nccs3)CC2)C1. The molecule has 1 spiro atoms. The van der Waals surface area contributed by atoms with Crippen LogP contribution in [0, 0.1) is 5.41 Å². The Morgan fingerprint density at radius 1 is 1.20 bits per heavy atom. The van der Waals surface area contributed by atoms with Crippen molar-refractivity contribution >= 4 is 17.2 Å². The molecule has 1 amide bonds. The molecule has 2 aliphatic rings. The van der Waals surface area contributed by atoms with Gasteiger partial charge in [-0.25, -0.2) is 4.98 Å². The van der Waals surface area contributed by atoms with Crippen LogP contribution in [0.2, 0.25) is 0 Å². The van der Waals surface area contributed by atoms with Gasteiger partial charge in [0.05, 0.1) is 13.0 Å². The standard InChI is InChI=1S/C19H24N4OS/c24-18(12-16-2-1-6-20-13-16)23-10-5-19(15-23)3-8-22(9-4-19)14-17-21-7-11-25-17/h1-2,6-7,11,13H,3-5,8-10,12,14-15H2. The molecular formula is C19H24N4OS. The van der Waals surface area contributed by atoms with E-state index in [1.807, 2.05) is 23.7 Å². The second kappa shape index (κ2) is 7.22. The lowest BCUT2D eigenvalue weighted by molar-refractivity contribution is -0.130. The molecule has 132 valence electrons. The predicted octanol–water partition coefficient (Wildman–Crippen LogP) is 2.60. The third kappa shape index (κ3) is 3.90. The number of amides is 1. The summed E-state index contributed by atoms with van der Waals surface area (Å²) in [5.41, 5.74) is 1.34. The van der Waals surface area contributed by atoms with E-state index in [2.05, 4.69) is 19.8 Å². The molecule has 2 aromatic rings. The first-order valence-electron chi connectivity index (χ1n) is 9.00. The van der Waals surface area contributed by atoms with E-state index in [0.29, 0.717) is 11.8 Å². The number of hydrogen-bond acceptors (Lipinski definition) is 5. The van der Waals surface area contributed by atoms with Crippen LogP contribution in [0.4, 0.5) is 0 Å². The van der Waals surface area contributed by atoms with Crippen LogP contribution in [0.5, 0.6) is 0 Å². The summed E-state index contributed by atoms with van der Waals surface area (Å²) in [5.74, 6) is 0.245. The minimum atomic E-state index is 0.245. The number of piperidine rings is 1. The zero-order valence-electron chi connectivity index (χ0n) is 14.4. The first-order valence-corrected chi connectivity index (χ1v) is 9.88. The summed E-state index contributed by atoms with van der Waals surface area (Å²) in [6.07, 6.45) is 9.42. The van der Waals surface area contributed by atoms with Gasteiger partial charge in [-0.15, -0.1) is 11.3 Å². The number of hydrogen-bond donors (Lipinski definition) is 0. The van der Waals surface area contributed by atoms with Crippen molar-refractivity contribution in [2.45, 2.75) is 32.2 Å². The summed E-state index contributed by atoms with van der Waals surface area (Å²) in [5, 5.41) is 3.25. The van der Waals surface area contributed by atoms with Crippen molar-refractivity contribution in [3.8, 4) is 0 Å². The average Bonchev–Trinajstić information content (AvgIpc) is 3.29. The number of nitrogens with zero attached hydrogens (tertiary/aromatic N) is 4. The van der Waals surface area contributed by atoms with Gasteiger partial charge in [-0.05, 0) is 49.4 Å². The molecule has 0 aliphatic carbocycles. The van der Waals surface area contributed by atoms with Gasteiger partial charge in [0.15, 0.2) is 0 Å². The summed E-state index contributed by atoms with van der Waals surface area (Å²) in [7, 11) is 0. The van der Waals surface area contributed by atoms with Gasteiger partial charge in [-0.3, -0.25) is 14.7 Å². The lowest BCUT2D eigenvalue weighted by Crippen LogP contribution is -2.42. The Balaban J connectivity index is 1.29. The van der Waals surface area contributed by atoms with Crippen molar-refractivity contribution in [3.63, 3.8) is 0 Å². The minimum absolute atomic E-state index is 0.245. The molecule has 25 heavy (non-hydrogen) atoms. The van der Waals surface area contributed by atoms with E-state index in [9.17, 15) is 4.79 Å². The van der Waals surface area contributed by atoms with Crippen molar-refractivity contribution in [3.05, 3.63) is 46.7 Å². The molecule has 4 rings (SSSR count). The molecule has 0 bridgehead atoms. The third-order valence-corrected chi connectivity index (χ3v) is 6.39. The van der Waals surface area contributed by atoms with Gasteiger partial charge in [-0.1, -0.05) is 6.07 Å². The molecule has 0 unspecified atom stereocenters. The van der Waals surface area contributed by atoms with Crippen molar-refractivity contribution < 1.29 is 4.79 Å². The minimum Gasteiger partial charge on any atom is -0.342 e. The Labute approximate surface area is 152 Å². The Morgan fingerprint density at radius 3 is 2.76 bits per heavy atom. The molecule has 6 heteroatoms. The highest BCUT2D eigenvalue weighted by Crippen LogP contribution is 2.40. The first-order chi connectivity index (χ1) is 12.2. The third-order valence-electron chi connectivity index (χ3n) is 5.63. The van der Waals surface area contributed by atoms with Crippen LogP contribution in [0.25, 0.3) is 0 Å². The highest BCUT2D eigenvalue weighted by Gasteiger charge is 2.41. The van der Waals surface area contributed by atoms with Crippen molar-refractivity contribution in [1.82, 2.24) is 19.8 Å². The number of carbonyl (C=O) groups is 1. The Hall–Kier alpha value is -1.79. The van der Waals surface area contributed by atoms with Crippen LogP contribution in [-0.4, -0.2) is 51.9 Å². The van der Waals surface area contributed by atoms with Crippen LogP contribution < -0.4 is 0 Å². The quantitative estimate of drug-likeness (QED) is 0.845. The van der Waals surface area contributed by atoms with E-state index < -0.39 is 0 Å². The lowest BCUT2D eigenvalue weighted by atomic mass is 9.78. The van der Waals surface area contributed by atoms with Gasteiger partial charge >= 0.3 is 0 Å². The summed E-state index contributed by atoms with van der Waals surface area (Å²) >= 11 is 1.73. The number of carbonyl (C=O) groups excluding carboxylic acids is 1. The predicted molar refractivity (Wildman–Crippen MR) is 98.2 cm³/mol. The molecule has 0 aromatic carbocycles. The van der Waals surface area contributed by atoms with Crippen LogP contribution >= 0.6 is 11.3 Å². The summed E-state index contributed by atoms with van der Waals surface area (Å²) < 4.78 is 0. The molecule has 2 aromatic heterocycles. The van der Waals surface area contributed by atoms with E-state index >= 15 is 0 Å². The Kier molecular flexibility index (Phi) is 4.81. The Bertz CT molecular complexity index is 695. The van der Waals surface area contributed by atoms with Crippen LogP contribution in [0.1, 0.15) is 29.8 Å². The molecule has 2 saturated heterocycles. The maximum atomic E-state index is 12.6. The van der Waals surface area contributed by atoms with Gasteiger partial charge < -0.3 is 4.90 Å². The summed E-state index contributed by atoms with van der Waals surface area (Å²) in [6.45, 7) is 5.04. The molecule has 2 aliphatic heterocycles. The van der Waals surface area contributed by atoms with Crippen molar-refractivity contribution in [2.75, 3.05) is 26.2 Å². The van der Waals surface area contributed by atoms with Gasteiger partial charge in [0.2, 0.25) is 5.91 Å². The first kappa shape index (κ1) is 16.7. The Morgan fingerprint density at radius 2 is 2.04 bits per heavy atom. The van der Waals surface area contributed by atoms with Crippen molar-refractivity contribution in [2.24, 2.45) is 5.41 Å². The maximum absolute atomic E-state index is 12.6. The van der Waals surface area contributed by atoms with Gasteiger partial charge in [0, 0.05) is 37.1 Å². The topological polar surface area (TPSA) is 49.3 Å². The molecular weight excluding hydrogens is 332 g/mol. The lowest BCUT2D eigenvalue weighted by Gasteiger charge is -2.39. The smallest absolute Gasteiger partial charge is 0.227 e. The summed E-state index contributed by atoms with van der Waals surface area (Å²) in [4.78, 5) is 25.7. The van der Waals surface area contributed by atoms with E-state index in [-0.39, 0.29) is 5.91 Å². The zero-order valence-corrected chi connectivity index (χ0v) is 15.2. The molecule has 2 fully saturated rings. The number of pyridine rings is 1. The van der Waals surface area contributed by atoms with Crippen molar-refractivity contribution in [1.29, 1.82) is 0 Å². The number of rotatable bonds is 4. The molecule has 0 N–H and O–H groups in total.